The molecular formula is C16H22ClFN2O3. The summed E-state index contributed by atoms with van der Waals surface area (Å²) in [5, 5.41) is 13.3. The first-order valence-corrected chi connectivity index (χ1v) is 7.51. The van der Waals surface area contributed by atoms with E-state index in [2.05, 4.69) is 5.32 Å². The van der Waals surface area contributed by atoms with Crippen LogP contribution in [0, 0.1) is 5.82 Å². The van der Waals surface area contributed by atoms with Gasteiger partial charge in [0.1, 0.15) is 12.4 Å². The van der Waals surface area contributed by atoms with Gasteiger partial charge in [0.05, 0.1) is 10.6 Å². The summed E-state index contributed by atoms with van der Waals surface area (Å²) in [5.74, 6) is -1.01. The summed E-state index contributed by atoms with van der Waals surface area (Å²) in [6, 6.07) is 2.85. The minimum absolute atomic E-state index is 0.0287. The van der Waals surface area contributed by atoms with Gasteiger partial charge in [-0.15, -0.1) is 0 Å². The molecule has 2 amide bonds. The Kier molecular flexibility index (Phi) is 5.64. The summed E-state index contributed by atoms with van der Waals surface area (Å²) in [6.07, 6.45) is -1.28. The fourth-order valence-corrected chi connectivity index (χ4v) is 2.87. The lowest BCUT2D eigenvalue weighted by molar-refractivity contribution is -0.121. The number of hydrogen-bond acceptors (Lipinski definition) is 2. The maximum absolute atomic E-state index is 13.9. The van der Waals surface area contributed by atoms with Gasteiger partial charge >= 0.3 is 6.09 Å². The number of amides is 2. The first-order valence-electron chi connectivity index (χ1n) is 7.13. The zero-order chi connectivity index (χ0) is 18.0. The van der Waals surface area contributed by atoms with Crippen LogP contribution >= 0.6 is 11.6 Å². The van der Waals surface area contributed by atoms with Crippen LogP contribution in [0.5, 0.6) is 0 Å². The quantitative estimate of drug-likeness (QED) is 0.783. The zero-order valence-corrected chi connectivity index (χ0v) is 14.6. The summed E-state index contributed by atoms with van der Waals surface area (Å²) in [4.78, 5) is 22.4. The van der Waals surface area contributed by atoms with Gasteiger partial charge in [-0.25, -0.2) is 9.18 Å². The maximum Gasteiger partial charge on any atom is 0.405 e. The summed E-state index contributed by atoms with van der Waals surface area (Å²) in [5.41, 5.74) is 0.00304. The highest BCUT2D eigenvalue weighted by molar-refractivity contribution is 6.31. The van der Waals surface area contributed by atoms with Gasteiger partial charge in [-0.05, 0) is 36.5 Å². The van der Waals surface area contributed by atoms with Crippen molar-refractivity contribution >= 4 is 23.6 Å². The lowest BCUT2D eigenvalue weighted by Crippen LogP contribution is -2.46. The maximum atomic E-state index is 13.9. The summed E-state index contributed by atoms with van der Waals surface area (Å²) >= 11 is 6.15. The molecule has 1 rings (SSSR count). The summed E-state index contributed by atoms with van der Waals surface area (Å²) < 4.78 is 13.9. The number of hydrogen-bond donors (Lipinski definition) is 3. The second kappa shape index (κ2) is 6.74. The van der Waals surface area contributed by atoms with Crippen molar-refractivity contribution < 1.29 is 19.1 Å². The Labute approximate surface area is 140 Å². The van der Waals surface area contributed by atoms with Crippen molar-refractivity contribution in [2.24, 2.45) is 0 Å². The molecule has 0 heterocycles. The largest absolute Gasteiger partial charge is 0.465 e. The van der Waals surface area contributed by atoms with Crippen LogP contribution in [-0.2, 0) is 15.7 Å². The highest BCUT2D eigenvalue weighted by atomic mass is 35.5. The van der Waals surface area contributed by atoms with E-state index in [4.69, 9.17) is 16.7 Å². The molecule has 0 atom stereocenters. The minimum Gasteiger partial charge on any atom is -0.465 e. The van der Waals surface area contributed by atoms with Crippen molar-refractivity contribution in [3.05, 3.63) is 34.1 Å². The van der Waals surface area contributed by atoms with Gasteiger partial charge < -0.3 is 15.7 Å². The van der Waals surface area contributed by atoms with E-state index in [1.54, 1.807) is 19.9 Å². The van der Waals surface area contributed by atoms with E-state index in [9.17, 15) is 14.0 Å². The van der Waals surface area contributed by atoms with Crippen molar-refractivity contribution in [1.29, 1.82) is 0 Å². The lowest BCUT2D eigenvalue weighted by Gasteiger charge is -2.34. The monoisotopic (exact) mass is 344 g/mol. The molecule has 0 saturated carbocycles. The Morgan fingerprint density at radius 1 is 1.22 bits per heavy atom. The molecule has 0 bridgehead atoms. The van der Waals surface area contributed by atoms with Gasteiger partial charge in [-0.1, -0.05) is 38.4 Å². The van der Waals surface area contributed by atoms with Crippen LogP contribution in [-0.4, -0.2) is 23.7 Å². The Bertz CT molecular complexity index is 624. The molecule has 5 nitrogen and oxygen atoms in total. The van der Waals surface area contributed by atoms with Crippen molar-refractivity contribution in [2.45, 2.75) is 45.6 Å². The topological polar surface area (TPSA) is 78.4 Å². The predicted octanol–water partition coefficient (Wildman–Crippen LogP) is 3.40. The number of benzene rings is 1. The molecule has 0 unspecified atom stereocenters. The van der Waals surface area contributed by atoms with Gasteiger partial charge in [-0.2, -0.15) is 0 Å². The van der Waals surface area contributed by atoms with E-state index in [0.29, 0.717) is 11.1 Å². The third-order valence-corrected chi connectivity index (χ3v) is 3.74. The second-order valence-electron chi connectivity index (χ2n) is 6.87. The molecule has 1 aromatic carbocycles. The second-order valence-corrected chi connectivity index (χ2v) is 7.24. The number of carboxylic acid groups (broad SMARTS) is 1. The van der Waals surface area contributed by atoms with Crippen molar-refractivity contribution in [3.8, 4) is 0 Å². The van der Waals surface area contributed by atoms with E-state index in [0.717, 1.165) is 0 Å². The van der Waals surface area contributed by atoms with Crippen LogP contribution in [0.3, 0.4) is 0 Å². The molecule has 0 aliphatic carbocycles. The molecular weight excluding hydrogens is 323 g/mol. The number of rotatable bonds is 4. The van der Waals surface area contributed by atoms with E-state index in [1.165, 1.54) is 6.07 Å². The molecule has 23 heavy (non-hydrogen) atoms. The molecule has 0 saturated heterocycles. The fourth-order valence-electron chi connectivity index (χ4n) is 2.42. The zero-order valence-electron chi connectivity index (χ0n) is 13.9. The van der Waals surface area contributed by atoms with Crippen LogP contribution in [0.1, 0.15) is 45.7 Å². The van der Waals surface area contributed by atoms with E-state index in [-0.39, 0.29) is 11.6 Å². The van der Waals surface area contributed by atoms with Crippen molar-refractivity contribution in [1.82, 2.24) is 10.6 Å². The Morgan fingerprint density at radius 2 is 1.78 bits per heavy atom. The van der Waals surface area contributed by atoms with E-state index >= 15 is 0 Å². The van der Waals surface area contributed by atoms with Gasteiger partial charge in [0.15, 0.2) is 0 Å². The smallest absolute Gasteiger partial charge is 0.405 e. The highest BCUT2D eigenvalue weighted by Gasteiger charge is 2.32. The fraction of sp³-hybridized carbons (Fsp3) is 0.500. The molecule has 7 heteroatoms. The molecule has 0 aromatic heterocycles. The van der Waals surface area contributed by atoms with Crippen molar-refractivity contribution in [2.75, 3.05) is 6.54 Å². The molecule has 0 fully saturated rings. The van der Waals surface area contributed by atoms with Crippen molar-refractivity contribution in [3.63, 3.8) is 0 Å². The Hall–Kier alpha value is -1.82. The van der Waals surface area contributed by atoms with Crippen LogP contribution < -0.4 is 10.6 Å². The minimum atomic E-state index is -1.28. The normalized spacial score (nSPS) is 12.0. The molecule has 0 aliphatic heterocycles. The Morgan fingerprint density at radius 3 is 2.26 bits per heavy atom. The number of carbonyl (C=O) groups is 2. The number of halogens is 2. The van der Waals surface area contributed by atoms with E-state index in [1.807, 2.05) is 26.1 Å². The van der Waals surface area contributed by atoms with Crippen LogP contribution in [0.25, 0.3) is 0 Å². The highest BCUT2D eigenvalue weighted by Crippen LogP contribution is 2.38. The predicted molar refractivity (Wildman–Crippen MR) is 87.3 cm³/mol. The van der Waals surface area contributed by atoms with Gasteiger partial charge in [0.2, 0.25) is 5.91 Å². The molecule has 128 valence electrons. The molecule has 3 N–H and O–H groups in total. The molecule has 1 aromatic rings. The average molecular weight is 345 g/mol. The van der Waals surface area contributed by atoms with Crippen LogP contribution in [0.2, 0.25) is 5.02 Å². The Balaban J connectivity index is 3.20. The lowest BCUT2D eigenvalue weighted by atomic mass is 9.78. The first kappa shape index (κ1) is 19.2. The van der Waals surface area contributed by atoms with Crippen LogP contribution in [0.15, 0.2) is 12.1 Å². The SMILES string of the molecule is CC(C)(C)c1c(C(C)(C)NC(=O)CNC(=O)O)ccc(F)c1Cl. The van der Waals surface area contributed by atoms with Gasteiger partial charge in [-0.3, -0.25) is 4.79 Å². The van der Waals surface area contributed by atoms with Gasteiger partial charge in [0, 0.05) is 0 Å². The number of carbonyl (C=O) groups excluding carboxylic acids is 1. The molecule has 0 aliphatic rings. The average Bonchev–Trinajstić information content (AvgIpc) is 2.37. The summed E-state index contributed by atoms with van der Waals surface area (Å²) in [6.45, 7) is 8.86. The third-order valence-electron chi connectivity index (χ3n) is 3.37. The van der Waals surface area contributed by atoms with Gasteiger partial charge in [0.25, 0.3) is 0 Å². The third kappa shape index (κ3) is 4.82. The summed E-state index contributed by atoms with van der Waals surface area (Å²) in [7, 11) is 0. The number of nitrogens with one attached hydrogen (secondary N) is 2. The first-order chi connectivity index (χ1) is 10.4. The van der Waals surface area contributed by atoms with Crippen LogP contribution in [0.4, 0.5) is 9.18 Å². The standard InChI is InChI=1S/C16H22ClFN2O3/c1-15(2,3)12-9(6-7-10(18)13(12)17)16(4,5)20-11(21)8-19-14(22)23/h6-7,19H,8H2,1-5H3,(H,20,21)(H,22,23). The molecule has 0 radical (unpaired) electrons. The van der Waals surface area contributed by atoms with E-state index < -0.39 is 28.8 Å². The molecule has 0 spiro atoms.